The van der Waals surface area contributed by atoms with E-state index in [-0.39, 0.29) is 36.3 Å². The molecular weight excluding hydrogens is 444 g/mol. The molecule has 2 aromatic rings. The number of hydrogen-bond donors (Lipinski definition) is 3. The van der Waals surface area contributed by atoms with Crippen molar-refractivity contribution >= 4 is 18.0 Å². The smallest absolute Gasteiger partial charge is 0.408 e. The van der Waals surface area contributed by atoms with E-state index in [9.17, 15) is 19.5 Å². The molecule has 0 heterocycles. The van der Waals surface area contributed by atoms with E-state index in [1.165, 1.54) is 0 Å². The first-order valence-electron chi connectivity index (χ1n) is 12.5. The zero-order valence-electron chi connectivity index (χ0n) is 20.1. The number of amides is 2. The summed E-state index contributed by atoms with van der Waals surface area (Å²) in [6.45, 7) is 3.74. The molecule has 0 saturated heterocycles. The summed E-state index contributed by atoms with van der Waals surface area (Å²) >= 11 is 0. The Morgan fingerprint density at radius 1 is 1.00 bits per heavy atom. The van der Waals surface area contributed by atoms with E-state index in [0.717, 1.165) is 28.7 Å². The Labute approximate surface area is 205 Å². The molecular formula is C28H32N2O5. The first-order valence-corrected chi connectivity index (χ1v) is 12.5. The van der Waals surface area contributed by atoms with Gasteiger partial charge in [-0.3, -0.25) is 9.59 Å². The summed E-state index contributed by atoms with van der Waals surface area (Å²) in [6.07, 6.45) is 1.87. The summed E-state index contributed by atoms with van der Waals surface area (Å²) in [5.41, 5.74) is 3.47. The molecule has 0 aliphatic heterocycles. The summed E-state index contributed by atoms with van der Waals surface area (Å²) in [5.74, 6) is -0.801. The number of carboxylic acid groups (broad SMARTS) is 1. The lowest BCUT2D eigenvalue weighted by Gasteiger charge is -2.42. The number of alkyl carbamates (subject to hydrolysis) is 1. The van der Waals surface area contributed by atoms with Crippen molar-refractivity contribution in [3.63, 3.8) is 0 Å². The van der Waals surface area contributed by atoms with Gasteiger partial charge in [0.15, 0.2) is 0 Å². The van der Waals surface area contributed by atoms with E-state index in [2.05, 4.69) is 34.9 Å². The SMILES string of the molecule is CCC(C)(NC(=O)OCC1c2ccccc2-c2ccccc21)C(=O)NC1CC2CC(C(=O)O)CC21. The molecule has 7 nitrogen and oxygen atoms in total. The third kappa shape index (κ3) is 4.17. The lowest BCUT2D eigenvalue weighted by atomic mass is 9.71. The zero-order chi connectivity index (χ0) is 24.7. The lowest BCUT2D eigenvalue weighted by molar-refractivity contribution is -0.141. The third-order valence-electron chi connectivity index (χ3n) is 8.42. The third-order valence-corrected chi connectivity index (χ3v) is 8.42. The van der Waals surface area contributed by atoms with Gasteiger partial charge in [0.25, 0.3) is 0 Å². The molecule has 0 bridgehead atoms. The van der Waals surface area contributed by atoms with Crippen LogP contribution in [0, 0.1) is 17.8 Å². The second-order valence-electron chi connectivity index (χ2n) is 10.4. The highest BCUT2D eigenvalue weighted by Crippen LogP contribution is 2.50. The molecule has 184 valence electrons. The van der Waals surface area contributed by atoms with Gasteiger partial charge in [0.1, 0.15) is 12.1 Å². The molecule has 7 heteroatoms. The number of carbonyl (C=O) groups is 3. The van der Waals surface area contributed by atoms with Crippen molar-refractivity contribution in [1.29, 1.82) is 0 Å². The number of benzene rings is 2. The molecule has 5 unspecified atom stereocenters. The van der Waals surface area contributed by atoms with Gasteiger partial charge in [-0.2, -0.15) is 0 Å². The lowest BCUT2D eigenvalue weighted by Crippen LogP contribution is -2.61. The van der Waals surface area contributed by atoms with E-state index < -0.39 is 17.6 Å². The Kier molecular flexibility index (Phi) is 6.03. The van der Waals surface area contributed by atoms with Crippen molar-refractivity contribution in [2.24, 2.45) is 17.8 Å². The maximum atomic E-state index is 13.1. The molecule has 3 aliphatic rings. The van der Waals surface area contributed by atoms with Crippen LogP contribution in [0.3, 0.4) is 0 Å². The maximum Gasteiger partial charge on any atom is 0.408 e. The van der Waals surface area contributed by atoms with Gasteiger partial charge >= 0.3 is 12.1 Å². The van der Waals surface area contributed by atoms with Crippen molar-refractivity contribution < 1.29 is 24.2 Å². The first-order chi connectivity index (χ1) is 16.8. The average molecular weight is 477 g/mol. The predicted molar refractivity (Wildman–Crippen MR) is 131 cm³/mol. The second-order valence-corrected chi connectivity index (χ2v) is 10.4. The highest BCUT2D eigenvalue weighted by atomic mass is 16.5. The standard InChI is InChI=1S/C28H32N2O5/c1-3-28(2,26(33)29-24-14-16-12-17(25(31)32)13-22(16)24)30-27(34)35-15-23-20-10-6-4-8-18(20)19-9-5-7-11-21(19)23/h4-11,16-17,22-24H,3,12-15H2,1-2H3,(H,29,33)(H,30,34)(H,31,32). The molecule has 0 aromatic heterocycles. The van der Waals surface area contributed by atoms with Gasteiger partial charge in [-0.15, -0.1) is 0 Å². The van der Waals surface area contributed by atoms with Gasteiger partial charge in [-0.25, -0.2) is 4.79 Å². The largest absolute Gasteiger partial charge is 0.481 e. The number of ether oxygens (including phenoxy) is 1. The van der Waals surface area contributed by atoms with E-state index in [1.54, 1.807) is 6.92 Å². The van der Waals surface area contributed by atoms with Crippen LogP contribution in [0.1, 0.15) is 56.6 Å². The minimum atomic E-state index is -1.11. The van der Waals surface area contributed by atoms with E-state index in [1.807, 2.05) is 31.2 Å². The van der Waals surface area contributed by atoms with Gasteiger partial charge in [0.05, 0.1) is 5.92 Å². The number of fused-ring (bicyclic) bond motifs is 4. The van der Waals surface area contributed by atoms with Crippen LogP contribution in [0.15, 0.2) is 48.5 Å². The molecule has 2 amide bonds. The topological polar surface area (TPSA) is 105 Å². The average Bonchev–Trinajstić information content (AvgIpc) is 3.36. The summed E-state index contributed by atoms with van der Waals surface area (Å²) in [5, 5.41) is 15.2. The highest BCUT2D eigenvalue weighted by molar-refractivity contribution is 5.90. The number of carboxylic acids is 1. The van der Waals surface area contributed by atoms with Crippen LogP contribution in [-0.2, 0) is 14.3 Å². The number of rotatable bonds is 7. The first kappa shape index (κ1) is 23.4. The minimum Gasteiger partial charge on any atom is -0.481 e. The van der Waals surface area contributed by atoms with Crippen LogP contribution in [0.2, 0.25) is 0 Å². The zero-order valence-corrected chi connectivity index (χ0v) is 20.1. The van der Waals surface area contributed by atoms with E-state index in [0.29, 0.717) is 25.2 Å². The van der Waals surface area contributed by atoms with E-state index >= 15 is 0 Å². The summed E-state index contributed by atoms with van der Waals surface area (Å²) in [7, 11) is 0. The number of carbonyl (C=O) groups excluding carboxylic acids is 2. The van der Waals surface area contributed by atoms with Gasteiger partial charge in [-0.05, 0) is 66.7 Å². The molecule has 0 spiro atoms. The van der Waals surface area contributed by atoms with Crippen molar-refractivity contribution in [2.45, 2.75) is 57.0 Å². The minimum absolute atomic E-state index is 0.0352. The fraction of sp³-hybridized carbons (Fsp3) is 0.464. The summed E-state index contributed by atoms with van der Waals surface area (Å²) in [4.78, 5) is 37.2. The molecule has 5 rings (SSSR count). The Balaban J connectivity index is 1.19. The van der Waals surface area contributed by atoms with Crippen molar-refractivity contribution in [3.05, 3.63) is 59.7 Å². The maximum absolute atomic E-state index is 13.1. The van der Waals surface area contributed by atoms with Crippen LogP contribution in [-0.4, -0.2) is 41.3 Å². The van der Waals surface area contributed by atoms with E-state index in [4.69, 9.17) is 4.74 Å². The molecule has 3 N–H and O–H groups in total. The van der Waals surface area contributed by atoms with Gasteiger partial charge < -0.3 is 20.5 Å². The van der Waals surface area contributed by atoms with Crippen molar-refractivity contribution in [3.8, 4) is 11.1 Å². The number of hydrogen-bond acceptors (Lipinski definition) is 4. The Morgan fingerprint density at radius 3 is 2.23 bits per heavy atom. The van der Waals surface area contributed by atoms with Crippen LogP contribution >= 0.6 is 0 Å². The molecule has 2 aromatic carbocycles. The quantitative estimate of drug-likeness (QED) is 0.552. The normalized spacial score (nSPS) is 25.9. The fourth-order valence-electron chi connectivity index (χ4n) is 6.09. The molecule has 3 aliphatic carbocycles. The molecule has 5 atom stereocenters. The van der Waals surface area contributed by atoms with Gasteiger partial charge in [-0.1, -0.05) is 55.5 Å². The number of aliphatic carboxylic acids is 1. The monoisotopic (exact) mass is 476 g/mol. The van der Waals surface area contributed by atoms with Crippen molar-refractivity contribution in [1.82, 2.24) is 10.6 Å². The van der Waals surface area contributed by atoms with Crippen LogP contribution in [0.4, 0.5) is 4.79 Å². The Hall–Kier alpha value is -3.35. The van der Waals surface area contributed by atoms with Crippen LogP contribution < -0.4 is 10.6 Å². The second kappa shape index (κ2) is 9.02. The fourth-order valence-corrected chi connectivity index (χ4v) is 6.09. The molecule has 0 radical (unpaired) electrons. The predicted octanol–water partition coefficient (Wildman–Crippen LogP) is 4.31. The summed E-state index contributed by atoms with van der Waals surface area (Å²) < 4.78 is 5.65. The van der Waals surface area contributed by atoms with Crippen LogP contribution in [0.25, 0.3) is 11.1 Å². The Morgan fingerprint density at radius 2 is 1.63 bits per heavy atom. The number of nitrogens with one attached hydrogen (secondary N) is 2. The molecule has 35 heavy (non-hydrogen) atoms. The highest BCUT2D eigenvalue weighted by Gasteiger charge is 2.51. The van der Waals surface area contributed by atoms with Gasteiger partial charge in [0.2, 0.25) is 5.91 Å². The van der Waals surface area contributed by atoms with Crippen molar-refractivity contribution in [2.75, 3.05) is 6.61 Å². The van der Waals surface area contributed by atoms with Gasteiger partial charge in [0, 0.05) is 12.0 Å². The summed E-state index contributed by atoms with van der Waals surface area (Å²) in [6, 6.07) is 16.3. The van der Waals surface area contributed by atoms with Crippen LogP contribution in [0.5, 0.6) is 0 Å². The molecule has 2 fully saturated rings. The Bertz CT molecular complexity index is 1120. The molecule has 2 saturated carbocycles.